The van der Waals surface area contributed by atoms with Crippen molar-refractivity contribution in [1.29, 1.82) is 0 Å². The molecule has 0 spiro atoms. The number of nitrogens with one attached hydrogen (secondary N) is 1. The Balaban J connectivity index is 1.63. The molecule has 3 rings (SSSR count). The molecule has 148 valence electrons. The van der Waals surface area contributed by atoms with Crippen molar-refractivity contribution >= 4 is 17.8 Å². The van der Waals surface area contributed by atoms with Gasteiger partial charge in [-0.2, -0.15) is 0 Å². The van der Waals surface area contributed by atoms with E-state index in [9.17, 15) is 14.7 Å². The lowest BCUT2D eigenvalue weighted by Gasteiger charge is -2.47. The molecule has 3 atom stereocenters. The lowest BCUT2D eigenvalue weighted by Crippen LogP contribution is -2.70. The van der Waals surface area contributed by atoms with E-state index >= 15 is 0 Å². The van der Waals surface area contributed by atoms with Gasteiger partial charge in [-0.05, 0) is 42.9 Å². The van der Waals surface area contributed by atoms with Gasteiger partial charge in [-0.15, -0.1) is 0 Å². The van der Waals surface area contributed by atoms with Crippen molar-refractivity contribution in [2.45, 2.75) is 50.9 Å². The second kappa shape index (κ2) is 8.67. The topological polar surface area (TPSA) is 118 Å². The predicted molar refractivity (Wildman–Crippen MR) is 99.5 cm³/mol. The maximum atomic E-state index is 12.6. The van der Waals surface area contributed by atoms with Gasteiger partial charge in [-0.3, -0.25) is 9.69 Å². The minimum atomic E-state index is -1.23. The number of carbonyl (C=O) groups is 2. The second-order valence-electron chi connectivity index (χ2n) is 7.41. The molecule has 0 radical (unpaired) electrons. The molecule has 1 aliphatic carbocycles. The van der Waals surface area contributed by atoms with E-state index in [-0.39, 0.29) is 5.91 Å². The van der Waals surface area contributed by atoms with Crippen LogP contribution in [0.3, 0.4) is 0 Å². The Morgan fingerprint density at radius 3 is 2.85 bits per heavy atom. The summed E-state index contributed by atoms with van der Waals surface area (Å²) >= 11 is 0. The zero-order valence-electron chi connectivity index (χ0n) is 15.6. The first-order chi connectivity index (χ1) is 13.0. The van der Waals surface area contributed by atoms with Crippen LogP contribution in [0.1, 0.15) is 37.7 Å². The summed E-state index contributed by atoms with van der Waals surface area (Å²) in [5.41, 5.74) is 6.52. The molecule has 3 amide bonds. The average Bonchev–Trinajstić information content (AvgIpc) is 2.68. The SMILES string of the molecule is COC(O)C1[C@@H](Cc2ccnc(N)c2)C(=O)N1C(=O)NCC1CCCCC1. The number of carbonyl (C=O) groups excluding carboxylic acids is 2. The minimum Gasteiger partial charge on any atom is -0.384 e. The highest BCUT2D eigenvalue weighted by molar-refractivity contribution is 6.01. The fourth-order valence-electron chi connectivity index (χ4n) is 4.06. The zero-order chi connectivity index (χ0) is 19.4. The molecule has 1 saturated heterocycles. The molecule has 0 aromatic carbocycles. The number of nitrogens with two attached hydrogens (primary N) is 1. The third-order valence-electron chi connectivity index (χ3n) is 5.59. The second-order valence-corrected chi connectivity index (χ2v) is 7.41. The number of aliphatic hydroxyl groups excluding tert-OH is 1. The number of nitrogen functional groups attached to an aromatic ring is 1. The number of ether oxygens (including phenoxy) is 1. The molecule has 0 bridgehead atoms. The fourth-order valence-corrected chi connectivity index (χ4v) is 4.06. The Labute approximate surface area is 159 Å². The van der Waals surface area contributed by atoms with E-state index in [1.54, 1.807) is 18.3 Å². The van der Waals surface area contributed by atoms with Gasteiger partial charge in [0.15, 0.2) is 6.29 Å². The van der Waals surface area contributed by atoms with E-state index in [1.165, 1.54) is 26.4 Å². The van der Waals surface area contributed by atoms with Gasteiger partial charge in [0, 0.05) is 19.9 Å². The quantitative estimate of drug-likeness (QED) is 0.509. The summed E-state index contributed by atoms with van der Waals surface area (Å²) in [6, 6.07) is 2.28. The molecule has 4 N–H and O–H groups in total. The Kier molecular flexibility index (Phi) is 6.28. The summed E-state index contributed by atoms with van der Waals surface area (Å²) < 4.78 is 5.01. The smallest absolute Gasteiger partial charge is 0.324 e. The molecular formula is C19H28N4O4. The van der Waals surface area contributed by atoms with Gasteiger partial charge in [0.1, 0.15) is 11.9 Å². The van der Waals surface area contributed by atoms with Crippen LogP contribution in [-0.4, -0.2) is 52.9 Å². The van der Waals surface area contributed by atoms with Crippen LogP contribution < -0.4 is 11.1 Å². The lowest BCUT2D eigenvalue weighted by atomic mass is 9.82. The minimum absolute atomic E-state index is 0.312. The first-order valence-electron chi connectivity index (χ1n) is 9.53. The molecule has 1 aromatic rings. The Hall–Kier alpha value is -2.19. The largest absolute Gasteiger partial charge is 0.384 e. The summed E-state index contributed by atoms with van der Waals surface area (Å²) in [7, 11) is 1.35. The number of methoxy groups -OCH3 is 1. The Morgan fingerprint density at radius 1 is 1.44 bits per heavy atom. The standard InChI is InChI=1S/C19H28N4O4/c1-27-18(25)16-14(9-13-7-8-21-15(20)10-13)17(24)23(16)19(26)22-11-12-5-3-2-4-6-12/h7-8,10,12,14,16,18,25H,2-6,9,11H2,1H3,(H2,20,21)(H,22,26)/t14-,16?,18?/m1/s1. The van der Waals surface area contributed by atoms with E-state index in [4.69, 9.17) is 10.5 Å². The van der Waals surface area contributed by atoms with Crippen molar-refractivity contribution in [3.8, 4) is 0 Å². The van der Waals surface area contributed by atoms with Gasteiger partial charge >= 0.3 is 6.03 Å². The van der Waals surface area contributed by atoms with Crippen molar-refractivity contribution < 1.29 is 19.4 Å². The summed E-state index contributed by atoms with van der Waals surface area (Å²) in [6.07, 6.45) is 6.53. The van der Waals surface area contributed by atoms with Gasteiger partial charge in [0.05, 0.1) is 5.92 Å². The molecule has 2 aliphatic rings. The maximum absolute atomic E-state index is 12.6. The van der Waals surface area contributed by atoms with E-state index in [1.807, 2.05) is 0 Å². The number of aromatic nitrogens is 1. The molecule has 1 aromatic heterocycles. The summed E-state index contributed by atoms with van der Waals surface area (Å²) in [5, 5.41) is 13.1. The zero-order valence-corrected chi connectivity index (χ0v) is 15.6. The van der Waals surface area contributed by atoms with E-state index in [0.717, 1.165) is 23.3 Å². The number of β-lactam (4-membered cyclic amide) rings is 1. The number of anilines is 1. The number of hydrogen-bond donors (Lipinski definition) is 3. The van der Waals surface area contributed by atoms with Crippen molar-refractivity contribution in [3.05, 3.63) is 23.9 Å². The summed E-state index contributed by atoms with van der Waals surface area (Å²) in [5.74, 6) is -0.0273. The number of rotatable bonds is 6. The average molecular weight is 376 g/mol. The molecule has 8 heteroatoms. The number of aliphatic hydroxyl groups is 1. The molecule has 8 nitrogen and oxygen atoms in total. The molecular weight excluding hydrogens is 348 g/mol. The number of pyridine rings is 1. The van der Waals surface area contributed by atoms with E-state index < -0.39 is 24.3 Å². The van der Waals surface area contributed by atoms with Crippen molar-refractivity contribution in [2.75, 3.05) is 19.4 Å². The molecule has 1 saturated carbocycles. The number of likely N-dealkylation sites (tertiary alicyclic amines) is 1. The highest BCUT2D eigenvalue weighted by Crippen LogP contribution is 2.33. The molecule has 2 unspecified atom stereocenters. The third-order valence-corrected chi connectivity index (χ3v) is 5.59. The van der Waals surface area contributed by atoms with Gasteiger partial charge in [-0.1, -0.05) is 19.3 Å². The molecule has 27 heavy (non-hydrogen) atoms. The van der Waals surface area contributed by atoms with Crippen molar-refractivity contribution in [2.24, 2.45) is 11.8 Å². The normalized spacial score (nSPS) is 24.4. The van der Waals surface area contributed by atoms with Crippen LogP contribution in [0.25, 0.3) is 0 Å². The van der Waals surface area contributed by atoms with Crippen LogP contribution in [0.5, 0.6) is 0 Å². The van der Waals surface area contributed by atoms with Crippen LogP contribution in [-0.2, 0) is 16.0 Å². The van der Waals surface area contributed by atoms with E-state index in [2.05, 4.69) is 10.3 Å². The number of nitrogens with zero attached hydrogens (tertiary/aromatic N) is 2. The van der Waals surface area contributed by atoms with Gasteiger partial charge in [-0.25, -0.2) is 9.78 Å². The highest BCUT2D eigenvalue weighted by Gasteiger charge is 2.54. The molecule has 2 heterocycles. The van der Waals surface area contributed by atoms with Crippen LogP contribution >= 0.6 is 0 Å². The summed E-state index contributed by atoms with van der Waals surface area (Å²) in [6.45, 7) is 0.559. The third kappa shape index (κ3) is 4.39. The van der Waals surface area contributed by atoms with Gasteiger partial charge in [0.25, 0.3) is 0 Å². The van der Waals surface area contributed by atoms with Crippen LogP contribution in [0.2, 0.25) is 0 Å². The van der Waals surface area contributed by atoms with Gasteiger partial charge in [0.2, 0.25) is 5.91 Å². The maximum Gasteiger partial charge on any atom is 0.324 e. The van der Waals surface area contributed by atoms with Crippen LogP contribution in [0.15, 0.2) is 18.3 Å². The highest BCUT2D eigenvalue weighted by atomic mass is 16.6. The first kappa shape index (κ1) is 19.6. The number of urea groups is 1. The lowest BCUT2D eigenvalue weighted by molar-refractivity contribution is -0.184. The summed E-state index contributed by atoms with van der Waals surface area (Å²) in [4.78, 5) is 30.2. The van der Waals surface area contributed by atoms with Gasteiger partial charge < -0.3 is 20.9 Å². The number of hydrogen-bond acceptors (Lipinski definition) is 6. The van der Waals surface area contributed by atoms with Crippen LogP contribution in [0, 0.1) is 11.8 Å². The predicted octanol–water partition coefficient (Wildman–Crippen LogP) is 1.29. The number of amides is 3. The monoisotopic (exact) mass is 376 g/mol. The first-order valence-corrected chi connectivity index (χ1v) is 9.53. The van der Waals surface area contributed by atoms with Crippen molar-refractivity contribution in [1.82, 2.24) is 15.2 Å². The molecule has 1 aliphatic heterocycles. The fraction of sp³-hybridized carbons (Fsp3) is 0.632. The Morgan fingerprint density at radius 2 is 2.19 bits per heavy atom. The molecule has 2 fully saturated rings. The number of imide groups is 1. The van der Waals surface area contributed by atoms with E-state index in [0.29, 0.717) is 24.7 Å². The van der Waals surface area contributed by atoms with Crippen molar-refractivity contribution in [3.63, 3.8) is 0 Å². The van der Waals surface area contributed by atoms with Crippen LogP contribution in [0.4, 0.5) is 10.6 Å². The Bertz CT molecular complexity index is 677.